The van der Waals surface area contributed by atoms with E-state index in [-0.39, 0.29) is 11.7 Å². The lowest BCUT2D eigenvalue weighted by atomic mass is 9.83. The van der Waals surface area contributed by atoms with Crippen LogP contribution in [0.2, 0.25) is 0 Å². The average molecular weight is 374 g/mol. The van der Waals surface area contributed by atoms with Gasteiger partial charge in [0.1, 0.15) is 5.54 Å². The first-order chi connectivity index (χ1) is 12.9. The molecular weight excluding hydrogens is 348 g/mol. The molecule has 1 aromatic rings. The molecule has 7 heteroatoms. The van der Waals surface area contributed by atoms with Crippen molar-refractivity contribution in [2.24, 2.45) is 0 Å². The maximum Gasteiger partial charge on any atom is 0.338 e. The number of benzene rings is 1. The molecule has 1 fully saturated rings. The zero-order valence-electron chi connectivity index (χ0n) is 16.0. The summed E-state index contributed by atoms with van der Waals surface area (Å²) < 4.78 is 15.9. The largest absolute Gasteiger partial charge is 0.493 e. The molecule has 0 spiro atoms. The minimum atomic E-state index is -0.846. The van der Waals surface area contributed by atoms with Gasteiger partial charge in [-0.25, -0.2) is 4.79 Å². The molecule has 7 nitrogen and oxygen atoms in total. The van der Waals surface area contributed by atoms with Crippen LogP contribution in [0.3, 0.4) is 0 Å². The maximum absolute atomic E-state index is 12.2. The first-order valence-corrected chi connectivity index (χ1v) is 9.13. The third-order valence-electron chi connectivity index (χ3n) is 4.40. The van der Waals surface area contributed by atoms with Crippen molar-refractivity contribution in [3.63, 3.8) is 0 Å². The van der Waals surface area contributed by atoms with Gasteiger partial charge in [-0.2, -0.15) is 5.26 Å². The summed E-state index contributed by atoms with van der Waals surface area (Å²) >= 11 is 0. The van der Waals surface area contributed by atoms with E-state index < -0.39 is 24.0 Å². The lowest BCUT2D eigenvalue weighted by Gasteiger charge is -2.31. The standard InChI is InChI=1S/C20H26N2O5/c1-14(2)27-16-8-7-15(11-17(16)25-3)19(24)26-12-18(23)22-20(13-21)9-5-4-6-10-20/h7-8,11,14H,4-6,9-10,12H2,1-3H3,(H,22,23). The van der Waals surface area contributed by atoms with Gasteiger partial charge in [0.15, 0.2) is 18.1 Å². The zero-order valence-corrected chi connectivity index (χ0v) is 16.0. The predicted octanol–water partition coefficient (Wildman–Crippen LogP) is 2.98. The Bertz CT molecular complexity index is 718. The molecule has 1 aliphatic rings. The van der Waals surface area contributed by atoms with Gasteiger partial charge in [-0.05, 0) is 44.9 Å². The molecule has 1 N–H and O–H groups in total. The summed E-state index contributed by atoms with van der Waals surface area (Å²) in [5, 5.41) is 12.1. The van der Waals surface area contributed by atoms with Crippen molar-refractivity contribution < 1.29 is 23.8 Å². The van der Waals surface area contributed by atoms with Crippen LogP contribution in [0.5, 0.6) is 11.5 Å². The zero-order chi connectivity index (χ0) is 19.9. The number of carbonyl (C=O) groups excluding carboxylic acids is 2. The Balaban J connectivity index is 1.95. The highest BCUT2D eigenvalue weighted by Crippen LogP contribution is 2.29. The molecule has 0 heterocycles. The van der Waals surface area contributed by atoms with Crippen LogP contribution in [-0.4, -0.2) is 37.2 Å². The maximum atomic E-state index is 12.2. The number of methoxy groups -OCH3 is 1. The number of nitrogens with one attached hydrogen (secondary N) is 1. The van der Waals surface area contributed by atoms with Crippen molar-refractivity contribution >= 4 is 11.9 Å². The summed E-state index contributed by atoms with van der Waals surface area (Å²) in [5.41, 5.74) is -0.593. The molecule has 0 atom stereocenters. The summed E-state index contributed by atoms with van der Waals surface area (Å²) in [6.07, 6.45) is 4.08. The van der Waals surface area contributed by atoms with Crippen molar-refractivity contribution in [1.29, 1.82) is 5.26 Å². The summed E-state index contributed by atoms with van der Waals surface area (Å²) in [5.74, 6) is -0.184. The summed E-state index contributed by atoms with van der Waals surface area (Å²) in [6, 6.07) is 6.89. The molecule has 27 heavy (non-hydrogen) atoms. The third kappa shape index (κ3) is 5.61. The highest BCUT2D eigenvalue weighted by atomic mass is 16.5. The van der Waals surface area contributed by atoms with Crippen LogP contribution in [0.1, 0.15) is 56.3 Å². The number of rotatable bonds is 7. The molecule has 1 aliphatic carbocycles. The third-order valence-corrected chi connectivity index (χ3v) is 4.40. The van der Waals surface area contributed by atoms with Crippen molar-refractivity contribution in [3.8, 4) is 17.6 Å². The minimum Gasteiger partial charge on any atom is -0.493 e. The molecule has 1 aromatic carbocycles. The van der Waals surface area contributed by atoms with Gasteiger partial charge in [-0.1, -0.05) is 19.3 Å². The van der Waals surface area contributed by atoms with Crippen LogP contribution in [-0.2, 0) is 9.53 Å². The first kappa shape index (κ1) is 20.6. The summed E-state index contributed by atoms with van der Waals surface area (Å²) in [6.45, 7) is 3.34. The van der Waals surface area contributed by atoms with Crippen molar-refractivity contribution in [2.75, 3.05) is 13.7 Å². The van der Waals surface area contributed by atoms with Crippen molar-refractivity contribution in [3.05, 3.63) is 23.8 Å². The first-order valence-electron chi connectivity index (χ1n) is 9.13. The number of hydrogen-bond acceptors (Lipinski definition) is 6. The number of esters is 1. The smallest absolute Gasteiger partial charge is 0.338 e. The number of ether oxygens (including phenoxy) is 3. The molecule has 0 aromatic heterocycles. The lowest BCUT2D eigenvalue weighted by molar-refractivity contribution is -0.125. The lowest BCUT2D eigenvalue weighted by Crippen LogP contribution is -2.50. The van der Waals surface area contributed by atoms with E-state index in [9.17, 15) is 14.9 Å². The van der Waals surface area contributed by atoms with Crippen LogP contribution in [0.25, 0.3) is 0 Å². The predicted molar refractivity (Wildman–Crippen MR) is 98.6 cm³/mol. The topological polar surface area (TPSA) is 97.6 Å². The molecule has 2 rings (SSSR count). The van der Waals surface area contributed by atoms with Gasteiger partial charge in [-0.3, -0.25) is 4.79 Å². The number of amides is 1. The Kier molecular flexibility index (Phi) is 7.05. The second kappa shape index (κ2) is 9.26. The number of nitriles is 1. The Labute approximate surface area is 159 Å². The minimum absolute atomic E-state index is 0.0346. The van der Waals surface area contributed by atoms with Crippen LogP contribution in [0.15, 0.2) is 18.2 Å². The number of carbonyl (C=O) groups is 2. The molecule has 0 unspecified atom stereocenters. The highest BCUT2D eigenvalue weighted by Gasteiger charge is 2.33. The van der Waals surface area contributed by atoms with E-state index in [2.05, 4.69) is 11.4 Å². The van der Waals surface area contributed by atoms with E-state index in [1.54, 1.807) is 12.1 Å². The Hall–Kier alpha value is -2.75. The Morgan fingerprint density at radius 3 is 2.52 bits per heavy atom. The van der Waals surface area contributed by atoms with E-state index >= 15 is 0 Å². The van der Waals surface area contributed by atoms with E-state index in [4.69, 9.17) is 14.2 Å². The molecule has 0 radical (unpaired) electrons. The van der Waals surface area contributed by atoms with Crippen molar-refractivity contribution in [2.45, 2.75) is 57.6 Å². The Morgan fingerprint density at radius 1 is 1.22 bits per heavy atom. The van der Waals surface area contributed by atoms with E-state index in [1.807, 2.05) is 13.8 Å². The fourth-order valence-corrected chi connectivity index (χ4v) is 3.08. The van der Waals surface area contributed by atoms with E-state index in [1.165, 1.54) is 13.2 Å². The van der Waals surface area contributed by atoms with Gasteiger partial charge >= 0.3 is 5.97 Å². The van der Waals surface area contributed by atoms with Crippen molar-refractivity contribution in [1.82, 2.24) is 5.32 Å². The van der Waals surface area contributed by atoms with Gasteiger partial charge < -0.3 is 19.5 Å². The fourth-order valence-electron chi connectivity index (χ4n) is 3.08. The molecule has 1 saturated carbocycles. The van der Waals surface area contributed by atoms with Gasteiger partial charge in [0.05, 0.1) is 24.8 Å². The molecular formula is C20H26N2O5. The monoisotopic (exact) mass is 374 g/mol. The Morgan fingerprint density at radius 2 is 1.93 bits per heavy atom. The molecule has 0 bridgehead atoms. The van der Waals surface area contributed by atoms with Crippen LogP contribution < -0.4 is 14.8 Å². The second-order valence-corrected chi connectivity index (χ2v) is 6.91. The summed E-state index contributed by atoms with van der Waals surface area (Å²) in [7, 11) is 1.48. The quantitative estimate of drug-likeness (QED) is 0.737. The molecule has 146 valence electrons. The van der Waals surface area contributed by atoms with Crippen LogP contribution in [0, 0.1) is 11.3 Å². The van der Waals surface area contributed by atoms with Gasteiger partial charge in [-0.15, -0.1) is 0 Å². The second-order valence-electron chi connectivity index (χ2n) is 6.91. The fraction of sp³-hybridized carbons (Fsp3) is 0.550. The average Bonchev–Trinajstić information content (AvgIpc) is 2.66. The molecule has 0 saturated heterocycles. The number of nitrogens with zero attached hydrogens (tertiary/aromatic N) is 1. The highest BCUT2D eigenvalue weighted by molar-refractivity contribution is 5.92. The van der Waals surface area contributed by atoms with Gasteiger partial charge in [0, 0.05) is 0 Å². The number of hydrogen-bond donors (Lipinski definition) is 1. The summed E-state index contributed by atoms with van der Waals surface area (Å²) in [4.78, 5) is 24.4. The van der Waals surface area contributed by atoms with Gasteiger partial charge in [0.2, 0.25) is 0 Å². The molecule has 0 aliphatic heterocycles. The van der Waals surface area contributed by atoms with E-state index in [0.717, 1.165) is 19.3 Å². The van der Waals surface area contributed by atoms with Crippen LogP contribution >= 0.6 is 0 Å². The van der Waals surface area contributed by atoms with E-state index in [0.29, 0.717) is 24.3 Å². The van der Waals surface area contributed by atoms with Crippen LogP contribution in [0.4, 0.5) is 0 Å². The molecule has 1 amide bonds. The normalized spacial score (nSPS) is 15.5. The SMILES string of the molecule is COc1cc(C(=O)OCC(=O)NC2(C#N)CCCCC2)ccc1OC(C)C. The van der Waals surface area contributed by atoms with Gasteiger partial charge in [0.25, 0.3) is 5.91 Å².